The van der Waals surface area contributed by atoms with Crippen molar-refractivity contribution in [2.24, 2.45) is 0 Å². The molecule has 0 unspecified atom stereocenters. The van der Waals surface area contributed by atoms with E-state index in [9.17, 15) is 14.7 Å². The number of carbonyl (C=O) groups is 1. The Morgan fingerprint density at radius 3 is 2.69 bits per heavy atom. The molecule has 0 radical (unpaired) electrons. The van der Waals surface area contributed by atoms with E-state index >= 15 is 0 Å². The zero-order chi connectivity index (χ0) is 19.7. The summed E-state index contributed by atoms with van der Waals surface area (Å²) in [5.74, 6) is -1.25. The second-order valence-corrected chi connectivity index (χ2v) is 6.86. The molecule has 1 amide bonds. The molecule has 6 N–H and O–H groups in total. The van der Waals surface area contributed by atoms with Crippen molar-refractivity contribution >= 4 is 11.6 Å². The molecule has 3 aromatic rings. The second-order valence-electron chi connectivity index (χ2n) is 6.86. The molecular weight excluding hydrogens is 370 g/mol. The molecule has 0 aliphatic heterocycles. The first-order valence-corrected chi connectivity index (χ1v) is 9.06. The van der Waals surface area contributed by atoms with Gasteiger partial charge in [0, 0.05) is 12.6 Å². The van der Waals surface area contributed by atoms with E-state index in [4.69, 9.17) is 0 Å². The summed E-state index contributed by atoms with van der Waals surface area (Å²) >= 11 is 0. The molecule has 150 valence electrons. The first-order chi connectivity index (χ1) is 13.5. The minimum absolute atomic E-state index is 0. The van der Waals surface area contributed by atoms with E-state index in [2.05, 4.69) is 22.3 Å². The molecule has 8 nitrogen and oxygen atoms in total. The maximum absolute atomic E-state index is 12.5. The first kappa shape index (κ1) is 20.1. The van der Waals surface area contributed by atoms with Gasteiger partial charge in [-0.15, -0.1) is 0 Å². The molecule has 8 heteroatoms. The Balaban J connectivity index is 0.00000240. The number of H-pyrrole nitrogens is 1. The maximum Gasteiger partial charge on any atom is 0.315 e. The highest BCUT2D eigenvalue weighted by Crippen LogP contribution is 2.20. The SMILES string of the molecule is CC1=CC=C(CNC(=O)c2nc3cc(-c4ccccc4)[nH]n3c(=O)c2O)CC1.N. The van der Waals surface area contributed by atoms with Gasteiger partial charge in [-0.3, -0.25) is 14.7 Å². The summed E-state index contributed by atoms with van der Waals surface area (Å²) in [5, 5.41) is 15.9. The van der Waals surface area contributed by atoms with E-state index in [0.717, 1.165) is 28.5 Å². The molecule has 0 spiro atoms. The lowest BCUT2D eigenvalue weighted by Crippen LogP contribution is -2.29. The molecule has 1 aliphatic rings. The summed E-state index contributed by atoms with van der Waals surface area (Å²) < 4.78 is 1.13. The third-order valence-electron chi connectivity index (χ3n) is 4.81. The monoisotopic (exact) mass is 393 g/mol. The number of hydrogen-bond donors (Lipinski definition) is 4. The summed E-state index contributed by atoms with van der Waals surface area (Å²) in [6.07, 6.45) is 5.86. The van der Waals surface area contributed by atoms with Crippen LogP contribution in [0.25, 0.3) is 16.9 Å². The predicted molar refractivity (Wildman–Crippen MR) is 111 cm³/mol. The highest BCUT2D eigenvalue weighted by atomic mass is 16.3. The molecule has 0 saturated heterocycles. The van der Waals surface area contributed by atoms with Crippen molar-refractivity contribution in [3.8, 4) is 17.0 Å². The van der Waals surface area contributed by atoms with Gasteiger partial charge in [-0.25, -0.2) is 4.98 Å². The number of rotatable bonds is 4. The van der Waals surface area contributed by atoms with Crippen LogP contribution in [0.1, 0.15) is 30.3 Å². The Bertz CT molecular complexity index is 1170. The highest BCUT2D eigenvalue weighted by Gasteiger charge is 2.20. The third kappa shape index (κ3) is 3.97. The number of aromatic amines is 1. The van der Waals surface area contributed by atoms with E-state index in [1.807, 2.05) is 42.5 Å². The van der Waals surface area contributed by atoms with Crippen LogP contribution >= 0.6 is 0 Å². The van der Waals surface area contributed by atoms with Crippen LogP contribution in [-0.2, 0) is 0 Å². The van der Waals surface area contributed by atoms with Gasteiger partial charge in [0.25, 0.3) is 5.91 Å². The van der Waals surface area contributed by atoms with Gasteiger partial charge < -0.3 is 16.6 Å². The molecule has 0 saturated carbocycles. The maximum atomic E-state index is 12.5. The number of aromatic nitrogens is 3. The fraction of sp³-hybridized carbons (Fsp3) is 0.190. The molecular formula is C21H23N5O3. The fourth-order valence-corrected chi connectivity index (χ4v) is 3.15. The second kappa shape index (κ2) is 8.15. The van der Waals surface area contributed by atoms with Crippen molar-refractivity contribution in [1.29, 1.82) is 0 Å². The van der Waals surface area contributed by atoms with Crippen molar-refractivity contribution in [1.82, 2.24) is 26.1 Å². The van der Waals surface area contributed by atoms with E-state index in [1.54, 1.807) is 6.07 Å². The number of amides is 1. The minimum Gasteiger partial charge on any atom is -0.501 e. The van der Waals surface area contributed by atoms with Crippen LogP contribution in [0.4, 0.5) is 0 Å². The standard InChI is InChI=1S/C21H20N4O3.H3N/c1-13-7-9-14(10-8-13)12-22-20(27)18-19(26)21(28)25-17(23-18)11-16(24-25)15-5-3-2-4-6-15;/h2-7,9,11,24,26H,8,10,12H2,1H3,(H,22,27);1H3. The zero-order valence-electron chi connectivity index (χ0n) is 16.1. The quantitative estimate of drug-likeness (QED) is 0.540. The van der Waals surface area contributed by atoms with Crippen molar-refractivity contribution in [2.45, 2.75) is 19.8 Å². The number of allylic oxidation sites excluding steroid dienone is 3. The van der Waals surface area contributed by atoms with Crippen LogP contribution in [0.15, 0.2) is 64.5 Å². The number of benzene rings is 1. The number of aromatic hydroxyl groups is 1. The lowest BCUT2D eigenvalue weighted by molar-refractivity contribution is 0.0948. The number of carbonyl (C=O) groups excluding carboxylic acids is 1. The first-order valence-electron chi connectivity index (χ1n) is 9.06. The highest BCUT2D eigenvalue weighted by molar-refractivity contribution is 5.95. The van der Waals surface area contributed by atoms with E-state index < -0.39 is 17.2 Å². The molecule has 2 heterocycles. The Hall–Kier alpha value is -3.65. The van der Waals surface area contributed by atoms with Crippen molar-refractivity contribution in [2.75, 3.05) is 6.54 Å². The van der Waals surface area contributed by atoms with Crippen LogP contribution in [0.5, 0.6) is 5.75 Å². The molecule has 1 aromatic carbocycles. The average molecular weight is 393 g/mol. The Kier molecular flexibility index (Phi) is 5.65. The Morgan fingerprint density at radius 2 is 2.00 bits per heavy atom. The van der Waals surface area contributed by atoms with Crippen LogP contribution in [0.2, 0.25) is 0 Å². The molecule has 2 aromatic heterocycles. The molecule has 4 rings (SSSR count). The molecule has 0 bridgehead atoms. The van der Waals surface area contributed by atoms with E-state index in [0.29, 0.717) is 12.2 Å². The van der Waals surface area contributed by atoms with E-state index in [1.165, 1.54) is 5.57 Å². The Labute approximate surface area is 167 Å². The lowest BCUT2D eigenvalue weighted by Gasteiger charge is -2.13. The van der Waals surface area contributed by atoms with Gasteiger partial charge >= 0.3 is 5.56 Å². The van der Waals surface area contributed by atoms with Crippen LogP contribution in [-0.4, -0.2) is 32.2 Å². The van der Waals surface area contributed by atoms with E-state index in [-0.39, 0.29) is 17.5 Å². The third-order valence-corrected chi connectivity index (χ3v) is 4.81. The zero-order valence-corrected chi connectivity index (χ0v) is 16.1. The van der Waals surface area contributed by atoms with Crippen molar-refractivity contribution in [3.05, 3.63) is 75.7 Å². The van der Waals surface area contributed by atoms with Gasteiger partial charge in [0.05, 0.1) is 5.69 Å². The normalized spacial score (nSPS) is 13.4. The van der Waals surface area contributed by atoms with Gasteiger partial charge in [0.15, 0.2) is 11.3 Å². The van der Waals surface area contributed by atoms with Gasteiger partial charge in [-0.2, -0.15) is 4.52 Å². The molecule has 0 fully saturated rings. The summed E-state index contributed by atoms with van der Waals surface area (Å²) in [6.45, 7) is 2.42. The predicted octanol–water partition coefficient (Wildman–Crippen LogP) is 2.95. The largest absolute Gasteiger partial charge is 0.501 e. The summed E-state index contributed by atoms with van der Waals surface area (Å²) in [7, 11) is 0. The fourth-order valence-electron chi connectivity index (χ4n) is 3.15. The molecule has 1 aliphatic carbocycles. The van der Waals surface area contributed by atoms with Crippen LogP contribution < -0.4 is 17.0 Å². The summed E-state index contributed by atoms with van der Waals surface area (Å²) in [6, 6.07) is 11.1. The van der Waals surface area contributed by atoms with Gasteiger partial charge in [-0.05, 0) is 25.3 Å². The summed E-state index contributed by atoms with van der Waals surface area (Å²) in [5.41, 5.74) is 3.20. The average Bonchev–Trinajstić information content (AvgIpc) is 3.15. The van der Waals surface area contributed by atoms with Gasteiger partial charge in [0.2, 0.25) is 5.75 Å². The van der Waals surface area contributed by atoms with Gasteiger partial charge in [-0.1, -0.05) is 53.6 Å². The molecule has 29 heavy (non-hydrogen) atoms. The Morgan fingerprint density at radius 1 is 1.24 bits per heavy atom. The number of nitrogens with zero attached hydrogens (tertiary/aromatic N) is 2. The lowest BCUT2D eigenvalue weighted by atomic mass is 9.99. The topological polar surface area (TPSA) is 134 Å². The smallest absolute Gasteiger partial charge is 0.315 e. The summed E-state index contributed by atoms with van der Waals surface area (Å²) in [4.78, 5) is 29.2. The number of nitrogens with one attached hydrogen (secondary N) is 2. The van der Waals surface area contributed by atoms with Crippen molar-refractivity contribution in [3.63, 3.8) is 0 Å². The van der Waals surface area contributed by atoms with Crippen molar-refractivity contribution < 1.29 is 9.90 Å². The van der Waals surface area contributed by atoms with Crippen LogP contribution in [0, 0.1) is 0 Å². The number of fused-ring (bicyclic) bond motifs is 1. The number of hydrogen-bond acceptors (Lipinski definition) is 5. The van der Waals surface area contributed by atoms with Gasteiger partial charge in [0.1, 0.15) is 0 Å². The molecule has 0 atom stereocenters. The van der Waals surface area contributed by atoms with Crippen LogP contribution in [0.3, 0.4) is 0 Å². The minimum atomic E-state index is -0.715.